The molecule has 0 aromatic rings. The van der Waals surface area contributed by atoms with E-state index in [0.29, 0.717) is 0 Å². The Morgan fingerprint density at radius 2 is 1.12 bits per heavy atom. The first-order chi connectivity index (χ1) is 3.64. The monoisotopic (exact) mass is 118 g/mol. The van der Waals surface area contributed by atoms with E-state index in [2.05, 4.69) is 0 Å². The van der Waals surface area contributed by atoms with Gasteiger partial charge in [-0.2, -0.15) is 0 Å². The van der Waals surface area contributed by atoms with E-state index in [1.807, 2.05) is 0 Å². The molecule has 0 atom stereocenters. The molecule has 0 radical (unpaired) electrons. The zero-order valence-electron chi connectivity index (χ0n) is 3.91. The van der Waals surface area contributed by atoms with Gasteiger partial charge in [-0.25, -0.2) is 8.78 Å². The van der Waals surface area contributed by atoms with Gasteiger partial charge in [0.15, 0.2) is 11.7 Å². The van der Waals surface area contributed by atoms with Gasteiger partial charge in [-0.15, -0.1) is 0 Å². The summed E-state index contributed by atoms with van der Waals surface area (Å²) in [5.41, 5.74) is 9.12. The quantitative estimate of drug-likeness (QED) is 0.480. The van der Waals surface area contributed by atoms with Crippen LogP contribution in [0, 0.1) is 0 Å². The van der Waals surface area contributed by atoms with E-state index in [0.717, 1.165) is 0 Å². The average Bonchev–Trinajstić information content (AvgIpc) is 1.83. The lowest BCUT2D eigenvalue weighted by Gasteiger charge is -2.12. The highest BCUT2D eigenvalue weighted by molar-refractivity contribution is 5.49. The van der Waals surface area contributed by atoms with Crippen molar-refractivity contribution >= 4 is 0 Å². The number of hydrogen-bond donors (Lipinski definition) is 2. The molecule has 0 fully saturated rings. The average molecular weight is 118 g/mol. The van der Waals surface area contributed by atoms with Crippen LogP contribution in [-0.4, -0.2) is 0 Å². The van der Waals surface area contributed by atoms with Crippen LogP contribution < -0.4 is 11.5 Å². The molecule has 4 N–H and O–H groups in total. The van der Waals surface area contributed by atoms with Crippen LogP contribution in [0.25, 0.3) is 0 Å². The smallest absolute Gasteiger partial charge is 0.186 e. The van der Waals surface area contributed by atoms with Gasteiger partial charge in [-0.3, -0.25) is 0 Å². The summed E-state index contributed by atoms with van der Waals surface area (Å²) in [6, 6.07) is 0. The van der Waals surface area contributed by atoms with E-state index in [4.69, 9.17) is 11.5 Å². The van der Waals surface area contributed by atoms with E-state index < -0.39 is 11.7 Å². The molecule has 0 saturated carbocycles. The SMILES string of the molecule is NC1=C(N)C(F)=C1F. The summed E-state index contributed by atoms with van der Waals surface area (Å²) in [4.78, 5) is 0. The number of nitrogens with two attached hydrogens (primary N) is 2. The van der Waals surface area contributed by atoms with Crippen LogP contribution in [0.15, 0.2) is 23.0 Å². The van der Waals surface area contributed by atoms with Gasteiger partial charge in [0, 0.05) is 0 Å². The molecule has 0 heterocycles. The van der Waals surface area contributed by atoms with Crippen molar-refractivity contribution in [3.8, 4) is 0 Å². The molecule has 0 aromatic carbocycles. The van der Waals surface area contributed by atoms with Crippen molar-refractivity contribution in [1.82, 2.24) is 0 Å². The van der Waals surface area contributed by atoms with Crippen molar-refractivity contribution in [3.63, 3.8) is 0 Å². The number of hydrogen-bond acceptors (Lipinski definition) is 2. The second kappa shape index (κ2) is 1.21. The number of allylic oxidation sites excluding steroid dienone is 2. The van der Waals surface area contributed by atoms with Gasteiger partial charge >= 0.3 is 0 Å². The Hall–Kier alpha value is -1.06. The van der Waals surface area contributed by atoms with Gasteiger partial charge in [0.25, 0.3) is 0 Å². The van der Waals surface area contributed by atoms with Crippen molar-refractivity contribution in [2.45, 2.75) is 0 Å². The van der Waals surface area contributed by atoms with Crippen LogP contribution in [0.4, 0.5) is 8.78 Å². The molecule has 0 unspecified atom stereocenters. The highest BCUT2D eigenvalue weighted by atomic mass is 19.2. The van der Waals surface area contributed by atoms with Crippen LogP contribution in [0.5, 0.6) is 0 Å². The van der Waals surface area contributed by atoms with Crippen LogP contribution in [0.1, 0.15) is 0 Å². The fourth-order valence-corrected chi connectivity index (χ4v) is 0.410. The summed E-state index contributed by atoms with van der Waals surface area (Å²) in [5.74, 6) is -2.05. The van der Waals surface area contributed by atoms with Crippen molar-refractivity contribution < 1.29 is 8.78 Å². The predicted molar refractivity (Wildman–Crippen MR) is 24.6 cm³/mol. The maximum absolute atomic E-state index is 11.8. The van der Waals surface area contributed by atoms with Crippen LogP contribution >= 0.6 is 0 Å². The van der Waals surface area contributed by atoms with Gasteiger partial charge in [0.2, 0.25) is 0 Å². The van der Waals surface area contributed by atoms with E-state index in [9.17, 15) is 8.78 Å². The van der Waals surface area contributed by atoms with Crippen molar-refractivity contribution in [2.75, 3.05) is 0 Å². The molecule has 0 saturated heterocycles. The second-order valence-electron chi connectivity index (χ2n) is 1.46. The Morgan fingerprint density at radius 1 is 0.875 bits per heavy atom. The first-order valence-electron chi connectivity index (χ1n) is 1.96. The van der Waals surface area contributed by atoms with Crippen molar-refractivity contribution in [3.05, 3.63) is 23.0 Å². The molecule has 0 bridgehead atoms. The Kier molecular flexibility index (Phi) is 0.770. The molecule has 1 rings (SSSR count). The summed E-state index contributed by atoms with van der Waals surface area (Å²) in [5, 5.41) is 0. The van der Waals surface area contributed by atoms with E-state index in [1.165, 1.54) is 0 Å². The minimum Gasteiger partial charge on any atom is -0.394 e. The van der Waals surface area contributed by atoms with Gasteiger partial charge < -0.3 is 11.5 Å². The fraction of sp³-hybridized carbons (Fsp3) is 0. The summed E-state index contributed by atoms with van der Waals surface area (Å²) in [6.07, 6.45) is 0. The predicted octanol–water partition coefficient (Wildman–Crippen LogP) is 0.280. The molecule has 0 aromatic heterocycles. The second-order valence-corrected chi connectivity index (χ2v) is 1.46. The molecule has 0 spiro atoms. The molecular formula is C4H4F2N2. The fourth-order valence-electron chi connectivity index (χ4n) is 0.410. The number of rotatable bonds is 0. The summed E-state index contributed by atoms with van der Waals surface area (Å²) >= 11 is 0. The van der Waals surface area contributed by atoms with Crippen LogP contribution in [-0.2, 0) is 0 Å². The lowest BCUT2D eigenvalue weighted by Crippen LogP contribution is -2.19. The molecule has 1 aliphatic carbocycles. The Balaban J connectivity index is 2.86. The molecule has 0 aliphatic heterocycles. The third-order valence-corrected chi connectivity index (χ3v) is 0.956. The molecule has 0 amide bonds. The van der Waals surface area contributed by atoms with Gasteiger partial charge in [-0.05, 0) is 0 Å². The highest BCUT2D eigenvalue weighted by Crippen LogP contribution is 2.29. The minimum atomic E-state index is -1.03. The molecule has 4 heteroatoms. The topological polar surface area (TPSA) is 52.0 Å². The van der Waals surface area contributed by atoms with Crippen molar-refractivity contribution in [2.24, 2.45) is 11.5 Å². The molecule has 8 heavy (non-hydrogen) atoms. The Morgan fingerprint density at radius 3 is 1.25 bits per heavy atom. The first kappa shape index (κ1) is 5.08. The van der Waals surface area contributed by atoms with Gasteiger partial charge in [-0.1, -0.05) is 0 Å². The van der Waals surface area contributed by atoms with E-state index >= 15 is 0 Å². The van der Waals surface area contributed by atoms with Gasteiger partial charge in [0.05, 0.1) is 11.4 Å². The van der Waals surface area contributed by atoms with E-state index in [-0.39, 0.29) is 11.4 Å². The summed E-state index contributed by atoms with van der Waals surface area (Å²) in [6.45, 7) is 0. The summed E-state index contributed by atoms with van der Waals surface area (Å²) < 4.78 is 23.6. The lowest BCUT2D eigenvalue weighted by molar-refractivity contribution is 0.521. The van der Waals surface area contributed by atoms with Gasteiger partial charge in [0.1, 0.15) is 0 Å². The van der Waals surface area contributed by atoms with Crippen LogP contribution in [0.2, 0.25) is 0 Å². The summed E-state index contributed by atoms with van der Waals surface area (Å²) in [7, 11) is 0. The third kappa shape index (κ3) is 0.344. The Labute approximate surface area is 44.5 Å². The molecule has 44 valence electrons. The first-order valence-corrected chi connectivity index (χ1v) is 1.96. The highest BCUT2D eigenvalue weighted by Gasteiger charge is 2.25. The molecular weight excluding hydrogens is 114 g/mol. The molecule has 1 aliphatic rings. The van der Waals surface area contributed by atoms with Crippen molar-refractivity contribution in [1.29, 1.82) is 0 Å². The van der Waals surface area contributed by atoms with E-state index in [1.54, 1.807) is 0 Å². The Bertz CT molecular complexity index is 139. The lowest BCUT2D eigenvalue weighted by atomic mass is 10.1. The standard InChI is InChI=1S/C4H4F2N2/c5-1-2(6)4(8)3(1)7/h7-8H2. The zero-order valence-corrected chi connectivity index (χ0v) is 3.91. The normalized spacial score (nSPS) is 19.2. The largest absolute Gasteiger partial charge is 0.394 e. The number of halogens is 2. The third-order valence-electron chi connectivity index (χ3n) is 0.956. The van der Waals surface area contributed by atoms with Crippen LogP contribution in [0.3, 0.4) is 0 Å². The maximum Gasteiger partial charge on any atom is 0.186 e. The minimum absolute atomic E-state index is 0.275. The maximum atomic E-state index is 11.8. The zero-order chi connectivity index (χ0) is 6.31. The molecule has 2 nitrogen and oxygen atoms in total.